The molecule has 0 radical (unpaired) electrons. The predicted molar refractivity (Wildman–Crippen MR) is 79.1 cm³/mol. The molecule has 0 unspecified atom stereocenters. The van der Waals surface area contributed by atoms with E-state index in [1.54, 1.807) is 14.2 Å². The van der Waals surface area contributed by atoms with Crippen LogP contribution in [0.2, 0.25) is 0 Å². The topological polar surface area (TPSA) is 67.6 Å². The molecule has 0 spiro atoms. The molecule has 0 aliphatic heterocycles. The van der Waals surface area contributed by atoms with Gasteiger partial charge in [0.15, 0.2) is 0 Å². The number of hydrazine groups is 1. The van der Waals surface area contributed by atoms with E-state index >= 15 is 0 Å². The summed E-state index contributed by atoms with van der Waals surface area (Å²) in [5, 5.41) is 0. The first kappa shape index (κ1) is 15.8. The first-order chi connectivity index (χ1) is 8.84. The zero-order valence-electron chi connectivity index (χ0n) is 11.9. The van der Waals surface area contributed by atoms with Gasteiger partial charge in [0.25, 0.3) is 0 Å². The zero-order chi connectivity index (χ0) is 14.7. The number of carbonyl (C=O) groups excluding carboxylic acids is 1. The largest absolute Gasteiger partial charge is 0.496 e. The van der Waals surface area contributed by atoms with Crippen LogP contribution in [0.15, 0.2) is 4.47 Å². The summed E-state index contributed by atoms with van der Waals surface area (Å²) in [7, 11) is 3.33. The van der Waals surface area contributed by atoms with Gasteiger partial charge < -0.3 is 9.64 Å². The van der Waals surface area contributed by atoms with Crippen molar-refractivity contribution in [2.24, 2.45) is 5.84 Å². The fourth-order valence-corrected chi connectivity index (χ4v) is 2.57. The Balaban J connectivity index is 3.30. The molecular formula is C13H20BrN3O2. The molecular weight excluding hydrogens is 310 g/mol. The van der Waals surface area contributed by atoms with Gasteiger partial charge in [0.2, 0.25) is 0 Å². The maximum atomic E-state index is 11.5. The molecule has 0 aliphatic carbocycles. The fourth-order valence-electron chi connectivity index (χ4n) is 2.03. The molecule has 1 rings (SSSR count). The number of carbonyl (C=O) groups is 1. The molecule has 5 nitrogen and oxygen atoms in total. The van der Waals surface area contributed by atoms with Gasteiger partial charge >= 0.3 is 6.03 Å². The van der Waals surface area contributed by atoms with Gasteiger partial charge in [-0.05, 0) is 37.5 Å². The van der Waals surface area contributed by atoms with Crippen molar-refractivity contribution in [1.29, 1.82) is 0 Å². The van der Waals surface area contributed by atoms with Crippen LogP contribution in [0.5, 0.6) is 5.75 Å². The van der Waals surface area contributed by atoms with Crippen LogP contribution in [-0.2, 0) is 6.54 Å². The average molecular weight is 330 g/mol. The first-order valence-electron chi connectivity index (χ1n) is 5.88. The number of hydrogen-bond donors (Lipinski definition) is 2. The third-order valence-electron chi connectivity index (χ3n) is 3.36. The van der Waals surface area contributed by atoms with Crippen molar-refractivity contribution in [3.63, 3.8) is 0 Å². The summed E-state index contributed by atoms with van der Waals surface area (Å²) in [5.41, 5.74) is 6.37. The summed E-state index contributed by atoms with van der Waals surface area (Å²) in [6.45, 7) is 6.47. The molecule has 106 valence electrons. The normalized spacial score (nSPS) is 10.3. The van der Waals surface area contributed by atoms with Crippen LogP contribution in [-0.4, -0.2) is 25.1 Å². The van der Waals surface area contributed by atoms with E-state index in [4.69, 9.17) is 10.6 Å². The molecule has 0 saturated heterocycles. The lowest BCUT2D eigenvalue weighted by atomic mass is 9.98. The number of benzene rings is 1. The molecule has 1 aromatic carbocycles. The number of hydrogen-bond acceptors (Lipinski definition) is 3. The van der Waals surface area contributed by atoms with E-state index in [1.807, 2.05) is 20.8 Å². The van der Waals surface area contributed by atoms with Crippen molar-refractivity contribution >= 4 is 22.0 Å². The third kappa shape index (κ3) is 3.01. The van der Waals surface area contributed by atoms with Gasteiger partial charge in [0.1, 0.15) is 5.75 Å². The van der Waals surface area contributed by atoms with E-state index < -0.39 is 0 Å². The number of ether oxygens (including phenoxy) is 1. The van der Waals surface area contributed by atoms with Crippen molar-refractivity contribution in [2.75, 3.05) is 14.2 Å². The number of halogens is 1. The van der Waals surface area contributed by atoms with Crippen LogP contribution in [0, 0.1) is 20.8 Å². The Morgan fingerprint density at radius 1 is 1.32 bits per heavy atom. The van der Waals surface area contributed by atoms with Gasteiger partial charge in [-0.25, -0.2) is 10.6 Å². The Morgan fingerprint density at radius 3 is 2.37 bits per heavy atom. The molecule has 0 atom stereocenters. The SMILES string of the molecule is COc1c(C)c(C)c(Br)c(C)c1CN(C)C(=O)NN. The minimum absolute atomic E-state index is 0.337. The Hall–Kier alpha value is -1.27. The lowest BCUT2D eigenvalue weighted by molar-refractivity contribution is 0.206. The van der Waals surface area contributed by atoms with Gasteiger partial charge in [0, 0.05) is 17.1 Å². The molecule has 3 N–H and O–H groups in total. The number of nitrogens with one attached hydrogen (secondary N) is 1. The van der Waals surface area contributed by atoms with Gasteiger partial charge in [-0.2, -0.15) is 0 Å². The quantitative estimate of drug-likeness (QED) is 0.508. The van der Waals surface area contributed by atoms with Crippen LogP contribution >= 0.6 is 15.9 Å². The summed E-state index contributed by atoms with van der Waals surface area (Å²) in [5.74, 6) is 5.95. The summed E-state index contributed by atoms with van der Waals surface area (Å²) < 4.78 is 6.54. The van der Waals surface area contributed by atoms with Crippen LogP contribution < -0.4 is 16.0 Å². The van der Waals surface area contributed by atoms with E-state index in [9.17, 15) is 4.79 Å². The van der Waals surface area contributed by atoms with E-state index in [-0.39, 0.29) is 6.03 Å². The summed E-state index contributed by atoms with van der Waals surface area (Å²) in [4.78, 5) is 13.0. The van der Waals surface area contributed by atoms with E-state index in [2.05, 4.69) is 21.4 Å². The number of amides is 2. The standard InChI is InChI=1S/C13H20BrN3O2/c1-7-8(2)12(19-5)10(9(3)11(7)14)6-17(4)13(18)16-15/h6,15H2,1-5H3,(H,16,18). The molecule has 0 fully saturated rings. The summed E-state index contributed by atoms with van der Waals surface area (Å²) in [6, 6.07) is -0.337. The monoisotopic (exact) mass is 329 g/mol. The van der Waals surface area contributed by atoms with Gasteiger partial charge in [-0.15, -0.1) is 0 Å². The Morgan fingerprint density at radius 2 is 1.89 bits per heavy atom. The second-order valence-electron chi connectivity index (χ2n) is 4.51. The van der Waals surface area contributed by atoms with E-state index in [1.165, 1.54) is 4.90 Å². The van der Waals surface area contributed by atoms with Crippen molar-refractivity contribution in [2.45, 2.75) is 27.3 Å². The van der Waals surface area contributed by atoms with Crippen LogP contribution in [0.1, 0.15) is 22.3 Å². The summed E-state index contributed by atoms with van der Waals surface area (Å²) in [6.07, 6.45) is 0. The minimum Gasteiger partial charge on any atom is -0.496 e. The lowest BCUT2D eigenvalue weighted by Gasteiger charge is -2.23. The van der Waals surface area contributed by atoms with Gasteiger partial charge in [-0.1, -0.05) is 15.9 Å². The highest BCUT2D eigenvalue weighted by Crippen LogP contribution is 2.36. The average Bonchev–Trinajstić information content (AvgIpc) is 2.41. The number of rotatable bonds is 3. The number of nitrogens with two attached hydrogens (primary N) is 1. The highest BCUT2D eigenvalue weighted by atomic mass is 79.9. The molecule has 2 amide bonds. The second kappa shape index (κ2) is 6.25. The van der Waals surface area contributed by atoms with Crippen molar-refractivity contribution in [1.82, 2.24) is 10.3 Å². The zero-order valence-corrected chi connectivity index (χ0v) is 13.5. The minimum atomic E-state index is -0.337. The van der Waals surface area contributed by atoms with Crippen LogP contribution in [0.25, 0.3) is 0 Å². The molecule has 0 bridgehead atoms. The number of urea groups is 1. The van der Waals surface area contributed by atoms with Crippen LogP contribution in [0.4, 0.5) is 4.79 Å². The van der Waals surface area contributed by atoms with E-state index in [0.717, 1.165) is 32.5 Å². The Labute approximate surface area is 122 Å². The molecule has 6 heteroatoms. The maximum Gasteiger partial charge on any atom is 0.331 e. The smallest absolute Gasteiger partial charge is 0.331 e. The second-order valence-corrected chi connectivity index (χ2v) is 5.30. The van der Waals surface area contributed by atoms with Crippen molar-refractivity contribution < 1.29 is 9.53 Å². The highest BCUT2D eigenvalue weighted by Gasteiger charge is 2.19. The van der Waals surface area contributed by atoms with Crippen molar-refractivity contribution in [3.8, 4) is 5.75 Å². The molecule has 19 heavy (non-hydrogen) atoms. The number of nitrogens with zero attached hydrogens (tertiary/aromatic N) is 1. The van der Waals surface area contributed by atoms with Crippen LogP contribution in [0.3, 0.4) is 0 Å². The fraction of sp³-hybridized carbons (Fsp3) is 0.462. The van der Waals surface area contributed by atoms with E-state index in [0.29, 0.717) is 6.54 Å². The molecule has 0 saturated carbocycles. The lowest BCUT2D eigenvalue weighted by Crippen LogP contribution is -2.40. The molecule has 1 aromatic rings. The maximum absolute atomic E-state index is 11.5. The highest BCUT2D eigenvalue weighted by molar-refractivity contribution is 9.10. The molecule has 0 aromatic heterocycles. The Kier molecular flexibility index (Phi) is 5.20. The summed E-state index contributed by atoms with van der Waals surface area (Å²) >= 11 is 3.59. The predicted octanol–water partition coefficient (Wildman–Crippen LogP) is 2.40. The number of methoxy groups -OCH3 is 1. The first-order valence-corrected chi connectivity index (χ1v) is 6.68. The molecule has 0 aliphatic rings. The van der Waals surface area contributed by atoms with Gasteiger partial charge in [-0.3, -0.25) is 5.43 Å². The van der Waals surface area contributed by atoms with Gasteiger partial charge in [0.05, 0.1) is 13.7 Å². The van der Waals surface area contributed by atoms with Crippen molar-refractivity contribution in [3.05, 3.63) is 26.7 Å². The Bertz CT molecular complexity index is 503. The third-order valence-corrected chi connectivity index (χ3v) is 4.55. The molecule has 0 heterocycles.